The second kappa shape index (κ2) is 2.69. The Morgan fingerprint density at radius 3 is 2.70 bits per heavy atom. The van der Waals surface area contributed by atoms with Crippen LogP contribution in [0.3, 0.4) is 0 Å². The van der Waals surface area contributed by atoms with Crippen LogP contribution < -0.4 is 0 Å². The number of aromatic hydroxyl groups is 1. The molecule has 0 saturated heterocycles. The molecule has 0 unspecified atom stereocenters. The fraction of sp³-hybridized carbons (Fsp3) is 0.250. The Balaban J connectivity index is 3.04. The van der Waals surface area contributed by atoms with Crippen molar-refractivity contribution >= 4 is 0 Å². The zero-order valence-corrected chi connectivity index (χ0v) is 5.76. The number of rotatable bonds is 1. The van der Waals surface area contributed by atoms with Crippen LogP contribution in [0.5, 0.6) is 5.75 Å². The lowest BCUT2D eigenvalue weighted by Gasteiger charge is -1.98. The Labute approximate surface area is 59.1 Å². The number of halogens is 1. The molecule has 2 heteroatoms. The summed E-state index contributed by atoms with van der Waals surface area (Å²) in [6.07, 6.45) is 0. The molecule has 0 aromatic heterocycles. The fourth-order valence-corrected chi connectivity index (χ4v) is 0.801. The van der Waals surface area contributed by atoms with E-state index in [4.69, 9.17) is 5.11 Å². The van der Waals surface area contributed by atoms with Gasteiger partial charge in [0.2, 0.25) is 0 Å². The highest BCUT2D eigenvalue weighted by atomic mass is 19.1. The van der Waals surface area contributed by atoms with Gasteiger partial charge >= 0.3 is 0 Å². The van der Waals surface area contributed by atoms with Crippen LogP contribution in [0.25, 0.3) is 0 Å². The van der Waals surface area contributed by atoms with E-state index in [9.17, 15) is 4.39 Å². The Morgan fingerprint density at radius 1 is 1.50 bits per heavy atom. The number of alkyl halides is 1. The number of aryl methyl sites for hydroxylation is 1. The van der Waals surface area contributed by atoms with Crippen molar-refractivity contribution in [1.82, 2.24) is 0 Å². The van der Waals surface area contributed by atoms with E-state index in [0.717, 1.165) is 5.56 Å². The van der Waals surface area contributed by atoms with Crippen LogP contribution in [-0.4, -0.2) is 5.11 Å². The van der Waals surface area contributed by atoms with Crippen LogP contribution in [0.15, 0.2) is 18.2 Å². The van der Waals surface area contributed by atoms with Gasteiger partial charge in [0.15, 0.2) is 0 Å². The van der Waals surface area contributed by atoms with Gasteiger partial charge in [-0.25, -0.2) is 4.39 Å². The average molecular weight is 140 g/mol. The van der Waals surface area contributed by atoms with E-state index in [1.807, 2.05) is 0 Å². The molecule has 1 aromatic carbocycles. The maximum atomic E-state index is 12.0. The summed E-state index contributed by atoms with van der Waals surface area (Å²) in [6, 6.07) is 4.71. The van der Waals surface area contributed by atoms with Gasteiger partial charge in [-0.2, -0.15) is 0 Å². The molecule has 0 spiro atoms. The second-order valence-corrected chi connectivity index (χ2v) is 2.25. The molecule has 0 aliphatic rings. The van der Waals surface area contributed by atoms with Crippen LogP contribution in [0.1, 0.15) is 11.1 Å². The maximum Gasteiger partial charge on any atom is 0.118 e. The third-order valence-electron chi connectivity index (χ3n) is 1.42. The molecule has 0 aliphatic heterocycles. The van der Waals surface area contributed by atoms with Gasteiger partial charge in [-0.15, -0.1) is 0 Å². The molecule has 0 bridgehead atoms. The summed E-state index contributed by atoms with van der Waals surface area (Å²) >= 11 is 0. The Morgan fingerprint density at radius 2 is 2.20 bits per heavy atom. The molecule has 0 saturated carbocycles. The number of phenolic OH excluding ortho intramolecular Hbond substituents is 1. The van der Waals surface area contributed by atoms with Crippen LogP contribution in [0, 0.1) is 6.92 Å². The molecule has 10 heavy (non-hydrogen) atoms. The van der Waals surface area contributed by atoms with Crippen LogP contribution in [0.2, 0.25) is 0 Å². The largest absolute Gasteiger partial charge is 0.508 e. The number of hydrogen-bond donors (Lipinski definition) is 1. The molecule has 1 rings (SSSR count). The quantitative estimate of drug-likeness (QED) is 0.633. The van der Waals surface area contributed by atoms with Crippen molar-refractivity contribution in [3.05, 3.63) is 29.3 Å². The zero-order valence-electron chi connectivity index (χ0n) is 5.76. The molecule has 0 atom stereocenters. The molecule has 1 aromatic rings. The van der Waals surface area contributed by atoms with Gasteiger partial charge in [-0.3, -0.25) is 0 Å². The number of phenols is 1. The molecule has 0 amide bonds. The van der Waals surface area contributed by atoms with E-state index in [1.165, 1.54) is 6.07 Å². The Hall–Kier alpha value is -1.05. The van der Waals surface area contributed by atoms with Crippen LogP contribution in [-0.2, 0) is 6.67 Å². The first kappa shape index (κ1) is 7.06. The van der Waals surface area contributed by atoms with Gasteiger partial charge < -0.3 is 5.11 Å². The first-order valence-electron chi connectivity index (χ1n) is 3.08. The van der Waals surface area contributed by atoms with Crippen LogP contribution >= 0.6 is 0 Å². The van der Waals surface area contributed by atoms with Crippen molar-refractivity contribution in [3.63, 3.8) is 0 Å². The highest BCUT2D eigenvalue weighted by Gasteiger charge is 1.95. The topological polar surface area (TPSA) is 20.2 Å². The average Bonchev–Trinajstić information content (AvgIpc) is 1.95. The normalized spacial score (nSPS) is 9.80. The zero-order chi connectivity index (χ0) is 7.56. The minimum absolute atomic E-state index is 0.220. The number of benzene rings is 1. The molecule has 54 valence electrons. The summed E-state index contributed by atoms with van der Waals surface area (Å²) in [6.45, 7) is 1.27. The maximum absolute atomic E-state index is 12.0. The fourth-order valence-electron chi connectivity index (χ4n) is 0.801. The van der Waals surface area contributed by atoms with Crippen molar-refractivity contribution in [2.24, 2.45) is 0 Å². The monoisotopic (exact) mass is 140 g/mol. The smallest absolute Gasteiger partial charge is 0.118 e. The van der Waals surface area contributed by atoms with Gasteiger partial charge in [0.1, 0.15) is 12.4 Å². The molecular weight excluding hydrogens is 131 g/mol. The summed E-state index contributed by atoms with van der Waals surface area (Å²) < 4.78 is 12.0. The molecule has 1 N–H and O–H groups in total. The second-order valence-electron chi connectivity index (χ2n) is 2.25. The lowest BCUT2D eigenvalue weighted by atomic mass is 10.1. The summed E-state index contributed by atoms with van der Waals surface area (Å²) in [5, 5.41) is 9.02. The van der Waals surface area contributed by atoms with E-state index >= 15 is 0 Å². The van der Waals surface area contributed by atoms with E-state index in [2.05, 4.69) is 0 Å². The van der Waals surface area contributed by atoms with Crippen molar-refractivity contribution in [2.45, 2.75) is 13.6 Å². The SMILES string of the molecule is Cc1cc(CF)ccc1O. The Bertz CT molecular complexity index is 233. The van der Waals surface area contributed by atoms with Crippen molar-refractivity contribution < 1.29 is 9.50 Å². The summed E-state index contributed by atoms with van der Waals surface area (Å²) in [4.78, 5) is 0. The molecule has 0 aliphatic carbocycles. The molecule has 1 nitrogen and oxygen atoms in total. The molecule has 0 fully saturated rings. The first-order chi connectivity index (χ1) is 4.74. The third kappa shape index (κ3) is 1.26. The van der Waals surface area contributed by atoms with Gasteiger partial charge in [-0.1, -0.05) is 6.07 Å². The molecular formula is C8H9FO. The van der Waals surface area contributed by atoms with E-state index < -0.39 is 6.67 Å². The lowest BCUT2D eigenvalue weighted by molar-refractivity contribution is 0.466. The van der Waals surface area contributed by atoms with Crippen molar-refractivity contribution in [1.29, 1.82) is 0 Å². The lowest BCUT2D eigenvalue weighted by Crippen LogP contribution is -1.80. The van der Waals surface area contributed by atoms with Gasteiger partial charge in [0.05, 0.1) is 0 Å². The van der Waals surface area contributed by atoms with Crippen LogP contribution in [0.4, 0.5) is 4.39 Å². The standard InChI is InChI=1S/C8H9FO/c1-6-4-7(5-9)2-3-8(6)10/h2-4,10H,5H2,1H3. The Kier molecular flexibility index (Phi) is 1.90. The highest BCUT2D eigenvalue weighted by Crippen LogP contribution is 2.17. The van der Waals surface area contributed by atoms with E-state index in [-0.39, 0.29) is 5.75 Å². The summed E-state index contributed by atoms with van der Waals surface area (Å²) in [7, 11) is 0. The van der Waals surface area contributed by atoms with E-state index in [0.29, 0.717) is 5.56 Å². The van der Waals surface area contributed by atoms with Gasteiger partial charge in [0, 0.05) is 0 Å². The summed E-state index contributed by atoms with van der Waals surface area (Å²) in [5.41, 5.74) is 1.32. The molecule has 0 radical (unpaired) electrons. The highest BCUT2D eigenvalue weighted by molar-refractivity contribution is 5.34. The first-order valence-corrected chi connectivity index (χ1v) is 3.08. The summed E-state index contributed by atoms with van der Waals surface area (Å²) in [5.74, 6) is 0.220. The minimum Gasteiger partial charge on any atom is -0.508 e. The van der Waals surface area contributed by atoms with Crippen molar-refractivity contribution in [2.75, 3.05) is 0 Å². The predicted octanol–water partition coefficient (Wildman–Crippen LogP) is 2.17. The predicted molar refractivity (Wildman–Crippen MR) is 37.7 cm³/mol. The van der Waals surface area contributed by atoms with E-state index in [1.54, 1.807) is 19.1 Å². The van der Waals surface area contributed by atoms with Gasteiger partial charge in [0.25, 0.3) is 0 Å². The van der Waals surface area contributed by atoms with Gasteiger partial charge in [-0.05, 0) is 30.2 Å². The van der Waals surface area contributed by atoms with Crippen molar-refractivity contribution in [3.8, 4) is 5.75 Å². The third-order valence-corrected chi connectivity index (χ3v) is 1.42. The minimum atomic E-state index is -0.471. The number of hydrogen-bond acceptors (Lipinski definition) is 1. The molecule has 0 heterocycles.